The summed E-state index contributed by atoms with van der Waals surface area (Å²) in [6.45, 7) is 1.12. The lowest BCUT2D eigenvalue weighted by Gasteiger charge is -2.16. The quantitative estimate of drug-likeness (QED) is 0.416. The topological polar surface area (TPSA) is 119 Å². The number of anilines is 1. The van der Waals surface area contributed by atoms with Gasteiger partial charge in [-0.2, -0.15) is 8.78 Å². The smallest absolute Gasteiger partial charge is 0.341 e. The average Bonchev–Trinajstić information content (AvgIpc) is 2.88. The van der Waals surface area contributed by atoms with Crippen LogP contribution in [0.3, 0.4) is 0 Å². The molecule has 3 aromatic rings. The molecule has 0 heterocycles. The standard InChI is InChI=1S/C25H22F2N2O6S/c1-16(17-7-3-2-4-8-17)28-23(31)20-9-5-6-10-21(20)29-22(30)15-35-24(32)18-11-13-19(14-12-18)36(33,34)25(26)27/h2-14,16,25H,15H2,1H3,(H,28,31)(H,29,30)/t16-/m1/s1. The molecule has 0 aromatic heterocycles. The Hall–Kier alpha value is -4.12. The second-order valence-electron chi connectivity index (χ2n) is 7.61. The van der Waals surface area contributed by atoms with Crippen LogP contribution in [0.4, 0.5) is 14.5 Å². The van der Waals surface area contributed by atoms with Crippen molar-refractivity contribution in [3.63, 3.8) is 0 Å². The Morgan fingerprint density at radius 1 is 0.889 bits per heavy atom. The van der Waals surface area contributed by atoms with Gasteiger partial charge in [0.1, 0.15) is 0 Å². The van der Waals surface area contributed by atoms with Crippen LogP contribution in [0.2, 0.25) is 0 Å². The number of carbonyl (C=O) groups is 3. The summed E-state index contributed by atoms with van der Waals surface area (Å²) < 4.78 is 53.1. The molecule has 188 valence electrons. The van der Waals surface area contributed by atoms with Gasteiger partial charge < -0.3 is 15.4 Å². The van der Waals surface area contributed by atoms with Crippen LogP contribution < -0.4 is 10.6 Å². The van der Waals surface area contributed by atoms with Crippen LogP contribution in [0.25, 0.3) is 0 Å². The third-order valence-electron chi connectivity index (χ3n) is 5.08. The maximum absolute atomic E-state index is 12.8. The van der Waals surface area contributed by atoms with Crippen molar-refractivity contribution in [2.24, 2.45) is 0 Å². The van der Waals surface area contributed by atoms with E-state index in [0.29, 0.717) is 0 Å². The van der Waals surface area contributed by atoms with Crippen LogP contribution in [-0.4, -0.2) is 38.6 Å². The van der Waals surface area contributed by atoms with E-state index in [4.69, 9.17) is 4.74 Å². The molecule has 0 saturated carbocycles. The number of ether oxygens (including phenoxy) is 1. The van der Waals surface area contributed by atoms with Crippen LogP contribution >= 0.6 is 0 Å². The highest BCUT2D eigenvalue weighted by Gasteiger charge is 2.26. The summed E-state index contributed by atoms with van der Waals surface area (Å²) in [4.78, 5) is 36.6. The van der Waals surface area contributed by atoms with E-state index in [2.05, 4.69) is 10.6 Å². The maximum atomic E-state index is 12.8. The van der Waals surface area contributed by atoms with Gasteiger partial charge in [-0.15, -0.1) is 0 Å². The summed E-state index contributed by atoms with van der Waals surface area (Å²) in [5.41, 5.74) is 1.18. The van der Waals surface area contributed by atoms with Gasteiger partial charge in [0.2, 0.25) is 9.84 Å². The molecular formula is C25H22F2N2O6S. The van der Waals surface area contributed by atoms with Crippen molar-refractivity contribution >= 4 is 33.3 Å². The molecule has 11 heteroatoms. The Kier molecular flexibility index (Phi) is 8.49. The Morgan fingerprint density at radius 2 is 1.50 bits per heavy atom. The zero-order chi connectivity index (χ0) is 26.3. The van der Waals surface area contributed by atoms with Gasteiger partial charge in [-0.1, -0.05) is 42.5 Å². The minimum atomic E-state index is -4.80. The SMILES string of the molecule is C[C@@H](NC(=O)c1ccccc1NC(=O)COC(=O)c1ccc(S(=O)(=O)C(F)F)cc1)c1ccccc1. The molecule has 0 aliphatic heterocycles. The first-order chi connectivity index (χ1) is 17.1. The van der Waals surface area contributed by atoms with Crippen LogP contribution in [0, 0.1) is 0 Å². The third-order valence-corrected chi connectivity index (χ3v) is 6.48. The maximum Gasteiger partial charge on any atom is 0.341 e. The van der Waals surface area contributed by atoms with E-state index in [0.717, 1.165) is 29.8 Å². The molecule has 3 aromatic carbocycles. The summed E-state index contributed by atoms with van der Waals surface area (Å²) in [6.07, 6.45) is 0. The number of esters is 1. The number of halogens is 2. The summed E-state index contributed by atoms with van der Waals surface area (Å²) >= 11 is 0. The predicted octanol–water partition coefficient (Wildman–Crippen LogP) is 3.97. The number of sulfone groups is 1. The lowest BCUT2D eigenvalue weighted by molar-refractivity contribution is -0.119. The molecule has 36 heavy (non-hydrogen) atoms. The lowest BCUT2D eigenvalue weighted by Crippen LogP contribution is -2.28. The van der Waals surface area contributed by atoms with E-state index < -0.39 is 44.9 Å². The molecule has 0 saturated heterocycles. The Labute approximate surface area is 206 Å². The van der Waals surface area contributed by atoms with Crippen molar-refractivity contribution in [3.8, 4) is 0 Å². The summed E-state index contributed by atoms with van der Waals surface area (Å²) in [5.74, 6) is -5.70. The van der Waals surface area contributed by atoms with Gasteiger partial charge in [-0.3, -0.25) is 9.59 Å². The molecule has 3 rings (SSSR count). The molecule has 0 bridgehead atoms. The van der Waals surface area contributed by atoms with E-state index in [-0.39, 0.29) is 22.9 Å². The lowest BCUT2D eigenvalue weighted by atomic mass is 10.1. The molecule has 0 unspecified atom stereocenters. The van der Waals surface area contributed by atoms with Gasteiger partial charge in [0, 0.05) is 0 Å². The van der Waals surface area contributed by atoms with Crippen LogP contribution in [-0.2, 0) is 19.4 Å². The largest absolute Gasteiger partial charge is 0.452 e. The first-order valence-electron chi connectivity index (χ1n) is 10.6. The molecule has 2 N–H and O–H groups in total. The minimum absolute atomic E-state index is 0.134. The number of alkyl halides is 2. The van der Waals surface area contributed by atoms with Gasteiger partial charge in [0.25, 0.3) is 11.8 Å². The third kappa shape index (κ3) is 6.51. The molecule has 0 aliphatic carbocycles. The fourth-order valence-corrected chi connectivity index (χ4v) is 3.90. The predicted molar refractivity (Wildman–Crippen MR) is 127 cm³/mol. The molecule has 8 nitrogen and oxygen atoms in total. The fourth-order valence-electron chi connectivity index (χ4n) is 3.17. The van der Waals surface area contributed by atoms with E-state index >= 15 is 0 Å². The molecule has 0 fully saturated rings. The number of amides is 2. The Bertz CT molecular complexity index is 1350. The highest BCUT2D eigenvalue weighted by atomic mass is 32.2. The number of hydrogen-bond donors (Lipinski definition) is 2. The zero-order valence-electron chi connectivity index (χ0n) is 19.0. The van der Waals surface area contributed by atoms with Crippen molar-refractivity contribution in [1.82, 2.24) is 5.32 Å². The normalized spacial score (nSPS) is 12.0. The van der Waals surface area contributed by atoms with Crippen molar-refractivity contribution in [3.05, 3.63) is 95.6 Å². The van der Waals surface area contributed by atoms with Gasteiger partial charge >= 0.3 is 11.7 Å². The fraction of sp³-hybridized carbons (Fsp3) is 0.160. The number of carbonyl (C=O) groups excluding carboxylic acids is 3. The molecule has 2 amide bonds. The summed E-state index contributed by atoms with van der Waals surface area (Å²) in [6, 6.07) is 19.0. The summed E-state index contributed by atoms with van der Waals surface area (Å²) in [7, 11) is -4.80. The van der Waals surface area contributed by atoms with E-state index in [1.54, 1.807) is 12.1 Å². The van der Waals surface area contributed by atoms with Crippen molar-refractivity contribution in [2.45, 2.75) is 23.6 Å². The van der Waals surface area contributed by atoms with E-state index in [9.17, 15) is 31.6 Å². The Balaban J connectivity index is 1.60. The number of rotatable bonds is 9. The molecule has 0 spiro atoms. The second kappa shape index (κ2) is 11.5. The van der Waals surface area contributed by atoms with Gasteiger partial charge in [-0.05, 0) is 48.9 Å². The average molecular weight is 517 g/mol. The van der Waals surface area contributed by atoms with E-state index in [1.165, 1.54) is 12.1 Å². The Morgan fingerprint density at radius 3 is 2.14 bits per heavy atom. The highest BCUT2D eigenvalue weighted by Crippen LogP contribution is 2.20. The van der Waals surface area contributed by atoms with Crippen LogP contribution in [0.15, 0.2) is 83.8 Å². The van der Waals surface area contributed by atoms with E-state index in [1.807, 2.05) is 37.3 Å². The number of nitrogens with one attached hydrogen (secondary N) is 2. The second-order valence-corrected chi connectivity index (χ2v) is 9.52. The molecule has 0 radical (unpaired) electrons. The number of para-hydroxylation sites is 1. The highest BCUT2D eigenvalue weighted by molar-refractivity contribution is 7.91. The first kappa shape index (κ1) is 26.5. The van der Waals surface area contributed by atoms with Crippen molar-refractivity contribution < 1.29 is 36.3 Å². The molecular weight excluding hydrogens is 494 g/mol. The van der Waals surface area contributed by atoms with Crippen molar-refractivity contribution in [2.75, 3.05) is 11.9 Å². The summed E-state index contributed by atoms with van der Waals surface area (Å²) in [5, 5.41) is 5.37. The van der Waals surface area contributed by atoms with Gasteiger partial charge in [0.05, 0.1) is 27.8 Å². The minimum Gasteiger partial charge on any atom is -0.452 e. The molecule has 0 aliphatic rings. The zero-order valence-corrected chi connectivity index (χ0v) is 19.8. The number of benzene rings is 3. The van der Waals surface area contributed by atoms with Crippen LogP contribution in [0.5, 0.6) is 0 Å². The van der Waals surface area contributed by atoms with Gasteiger partial charge in [0.15, 0.2) is 6.61 Å². The number of hydrogen-bond acceptors (Lipinski definition) is 6. The monoisotopic (exact) mass is 516 g/mol. The first-order valence-corrected chi connectivity index (χ1v) is 12.2. The van der Waals surface area contributed by atoms with Crippen LogP contribution in [0.1, 0.15) is 39.2 Å². The van der Waals surface area contributed by atoms with Gasteiger partial charge in [-0.25, -0.2) is 13.2 Å². The van der Waals surface area contributed by atoms with Crippen molar-refractivity contribution in [1.29, 1.82) is 0 Å². The molecule has 1 atom stereocenters.